The highest BCUT2D eigenvalue weighted by Gasteiger charge is 2.03. The lowest BCUT2D eigenvalue weighted by Gasteiger charge is -2.05. The van der Waals surface area contributed by atoms with Crippen LogP contribution in [0.2, 0.25) is 5.02 Å². The summed E-state index contributed by atoms with van der Waals surface area (Å²) in [5.74, 6) is 0.682. The SMILES string of the molecule is Cn1ncc(CNc2ccc(Cl)cc2)c1N. The summed E-state index contributed by atoms with van der Waals surface area (Å²) in [7, 11) is 1.82. The third-order valence-corrected chi connectivity index (χ3v) is 2.64. The number of hydrogen-bond donors (Lipinski definition) is 2. The predicted octanol–water partition coefficient (Wildman–Crippen LogP) is 2.27. The molecule has 3 N–H and O–H groups in total. The molecule has 1 heterocycles. The Morgan fingerprint density at radius 3 is 2.62 bits per heavy atom. The van der Waals surface area contributed by atoms with Crippen molar-refractivity contribution in [2.75, 3.05) is 11.1 Å². The molecule has 0 aliphatic rings. The van der Waals surface area contributed by atoms with Crippen molar-refractivity contribution in [1.29, 1.82) is 0 Å². The van der Waals surface area contributed by atoms with E-state index in [1.54, 1.807) is 10.9 Å². The number of nitrogens with two attached hydrogens (primary N) is 1. The van der Waals surface area contributed by atoms with Gasteiger partial charge in [0.1, 0.15) is 5.82 Å². The number of hydrogen-bond acceptors (Lipinski definition) is 3. The zero-order valence-electron chi connectivity index (χ0n) is 8.94. The van der Waals surface area contributed by atoms with Gasteiger partial charge in [0.15, 0.2) is 0 Å². The van der Waals surface area contributed by atoms with Gasteiger partial charge >= 0.3 is 0 Å². The first-order valence-electron chi connectivity index (χ1n) is 4.92. The van der Waals surface area contributed by atoms with Crippen molar-refractivity contribution in [3.05, 3.63) is 41.0 Å². The van der Waals surface area contributed by atoms with Gasteiger partial charge in [-0.25, -0.2) is 0 Å². The summed E-state index contributed by atoms with van der Waals surface area (Å²) in [4.78, 5) is 0. The van der Waals surface area contributed by atoms with Crippen LogP contribution in [0.5, 0.6) is 0 Å². The van der Waals surface area contributed by atoms with Gasteiger partial charge in [-0.15, -0.1) is 0 Å². The quantitative estimate of drug-likeness (QED) is 0.860. The average Bonchev–Trinajstić information content (AvgIpc) is 2.60. The molecule has 0 saturated carbocycles. The molecule has 84 valence electrons. The predicted molar refractivity (Wildman–Crippen MR) is 66.4 cm³/mol. The van der Waals surface area contributed by atoms with Crippen LogP contribution in [0.3, 0.4) is 0 Å². The first kappa shape index (κ1) is 10.8. The molecular weight excluding hydrogens is 224 g/mol. The molecule has 1 aromatic heterocycles. The molecule has 0 fully saturated rings. The number of nitrogen functional groups attached to an aromatic ring is 1. The molecule has 0 atom stereocenters. The van der Waals surface area contributed by atoms with E-state index >= 15 is 0 Å². The minimum absolute atomic E-state index is 0.654. The number of nitrogens with zero attached hydrogens (tertiary/aromatic N) is 2. The highest BCUT2D eigenvalue weighted by molar-refractivity contribution is 6.30. The summed E-state index contributed by atoms with van der Waals surface area (Å²) in [6, 6.07) is 7.54. The van der Waals surface area contributed by atoms with Crippen molar-refractivity contribution in [3.8, 4) is 0 Å². The van der Waals surface area contributed by atoms with Gasteiger partial charge < -0.3 is 11.1 Å². The minimum atomic E-state index is 0.654. The van der Waals surface area contributed by atoms with Crippen molar-refractivity contribution in [2.45, 2.75) is 6.54 Å². The summed E-state index contributed by atoms with van der Waals surface area (Å²) in [6.45, 7) is 0.654. The number of anilines is 2. The number of aryl methyl sites for hydroxylation is 1. The number of rotatable bonds is 3. The molecule has 0 aliphatic heterocycles. The first-order chi connectivity index (χ1) is 7.66. The van der Waals surface area contributed by atoms with E-state index in [-0.39, 0.29) is 0 Å². The Morgan fingerprint density at radius 1 is 1.38 bits per heavy atom. The van der Waals surface area contributed by atoms with Gasteiger partial charge in [-0.3, -0.25) is 4.68 Å². The molecule has 0 unspecified atom stereocenters. The molecule has 0 amide bonds. The summed E-state index contributed by atoms with van der Waals surface area (Å²) >= 11 is 5.80. The smallest absolute Gasteiger partial charge is 0.126 e. The summed E-state index contributed by atoms with van der Waals surface area (Å²) in [6.07, 6.45) is 1.76. The molecule has 0 spiro atoms. The molecule has 1 aromatic carbocycles. The maximum Gasteiger partial charge on any atom is 0.126 e. The zero-order chi connectivity index (χ0) is 11.5. The van der Waals surface area contributed by atoms with Crippen molar-refractivity contribution in [3.63, 3.8) is 0 Å². The van der Waals surface area contributed by atoms with Crippen molar-refractivity contribution < 1.29 is 0 Å². The second kappa shape index (κ2) is 4.45. The first-order valence-corrected chi connectivity index (χ1v) is 5.30. The Labute approximate surface area is 99.0 Å². The fourth-order valence-electron chi connectivity index (χ4n) is 1.39. The van der Waals surface area contributed by atoms with Crippen molar-refractivity contribution in [2.24, 2.45) is 7.05 Å². The van der Waals surface area contributed by atoms with Gasteiger partial charge in [0.25, 0.3) is 0 Å². The van der Waals surface area contributed by atoms with E-state index in [1.807, 2.05) is 31.3 Å². The van der Waals surface area contributed by atoms with Gasteiger partial charge in [0.05, 0.1) is 6.20 Å². The highest BCUT2D eigenvalue weighted by atomic mass is 35.5. The fourth-order valence-corrected chi connectivity index (χ4v) is 1.52. The van der Waals surface area contributed by atoms with Crippen molar-refractivity contribution >= 4 is 23.1 Å². The molecule has 4 nitrogen and oxygen atoms in total. The highest BCUT2D eigenvalue weighted by Crippen LogP contribution is 2.16. The van der Waals surface area contributed by atoms with Gasteiger partial charge in [-0.05, 0) is 24.3 Å². The molecule has 0 aliphatic carbocycles. The second-order valence-corrected chi connectivity index (χ2v) is 3.98. The van der Waals surface area contributed by atoms with Gasteiger partial charge in [-0.2, -0.15) is 5.10 Å². The lowest BCUT2D eigenvalue weighted by molar-refractivity contribution is 0.778. The molecule has 0 saturated heterocycles. The number of halogens is 1. The van der Waals surface area contributed by atoms with Crippen LogP contribution in [0, 0.1) is 0 Å². The van der Waals surface area contributed by atoms with Crippen LogP contribution in [-0.4, -0.2) is 9.78 Å². The molecule has 2 rings (SSSR count). The van der Waals surface area contributed by atoms with E-state index in [2.05, 4.69) is 10.4 Å². The summed E-state index contributed by atoms with van der Waals surface area (Å²) in [5, 5.41) is 8.05. The van der Waals surface area contributed by atoms with Crippen LogP contribution in [-0.2, 0) is 13.6 Å². The fraction of sp³-hybridized carbons (Fsp3) is 0.182. The van der Waals surface area contributed by atoms with Crippen molar-refractivity contribution in [1.82, 2.24) is 9.78 Å². The molecule has 16 heavy (non-hydrogen) atoms. The van der Waals surface area contributed by atoms with E-state index in [9.17, 15) is 0 Å². The Bertz CT molecular complexity index is 475. The molecule has 2 aromatic rings. The van der Waals surface area contributed by atoms with Crippen LogP contribution in [0.1, 0.15) is 5.56 Å². The summed E-state index contributed by atoms with van der Waals surface area (Å²) in [5.41, 5.74) is 7.82. The molecular formula is C11H13ClN4. The van der Waals surface area contributed by atoms with E-state index in [4.69, 9.17) is 17.3 Å². The molecule has 0 radical (unpaired) electrons. The Morgan fingerprint density at radius 2 is 2.06 bits per heavy atom. The van der Waals surface area contributed by atoms with Crippen LogP contribution < -0.4 is 11.1 Å². The third kappa shape index (κ3) is 2.28. The lowest BCUT2D eigenvalue weighted by Crippen LogP contribution is -2.03. The normalized spacial score (nSPS) is 10.4. The number of benzene rings is 1. The molecule has 5 heteroatoms. The van der Waals surface area contributed by atoms with Gasteiger partial charge in [-0.1, -0.05) is 11.6 Å². The van der Waals surface area contributed by atoms with Crippen LogP contribution in [0.4, 0.5) is 11.5 Å². The Kier molecular flexibility index (Phi) is 3.01. The van der Waals surface area contributed by atoms with E-state index in [1.165, 1.54) is 0 Å². The maximum atomic E-state index is 5.83. The zero-order valence-corrected chi connectivity index (χ0v) is 9.70. The number of nitrogens with one attached hydrogen (secondary N) is 1. The van der Waals surface area contributed by atoms with Crippen LogP contribution in [0.15, 0.2) is 30.5 Å². The van der Waals surface area contributed by atoms with Crippen LogP contribution >= 0.6 is 11.6 Å². The molecule has 0 bridgehead atoms. The second-order valence-electron chi connectivity index (χ2n) is 3.54. The lowest BCUT2D eigenvalue weighted by atomic mass is 10.3. The number of aromatic nitrogens is 2. The van der Waals surface area contributed by atoms with E-state index in [0.717, 1.165) is 16.3 Å². The van der Waals surface area contributed by atoms with Crippen LogP contribution in [0.25, 0.3) is 0 Å². The Balaban J connectivity index is 2.02. The minimum Gasteiger partial charge on any atom is -0.384 e. The average molecular weight is 237 g/mol. The standard InChI is InChI=1S/C11H13ClN4/c1-16-11(13)8(7-15-16)6-14-10-4-2-9(12)3-5-10/h2-5,7,14H,6,13H2,1H3. The third-order valence-electron chi connectivity index (χ3n) is 2.39. The largest absolute Gasteiger partial charge is 0.384 e. The monoisotopic (exact) mass is 236 g/mol. The summed E-state index contributed by atoms with van der Waals surface area (Å²) < 4.78 is 1.65. The van der Waals surface area contributed by atoms with Gasteiger partial charge in [0.2, 0.25) is 0 Å². The van der Waals surface area contributed by atoms with E-state index in [0.29, 0.717) is 12.4 Å². The topological polar surface area (TPSA) is 55.9 Å². The van der Waals surface area contributed by atoms with Gasteiger partial charge in [0, 0.05) is 29.9 Å². The maximum absolute atomic E-state index is 5.83. The Hall–Kier alpha value is -1.68. The van der Waals surface area contributed by atoms with E-state index < -0.39 is 0 Å².